The summed E-state index contributed by atoms with van der Waals surface area (Å²) in [5, 5.41) is 0. The van der Waals surface area contributed by atoms with Crippen molar-refractivity contribution in [2.24, 2.45) is 0 Å². The van der Waals surface area contributed by atoms with E-state index in [0.717, 1.165) is 44.9 Å². The van der Waals surface area contributed by atoms with Gasteiger partial charge in [-0.1, -0.05) is 45.8 Å². The average Bonchev–Trinajstić information content (AvgIpc) is 2.23. The summed E-state index contributed by atoms with van der Waals surface area (Å²) in [5.41, 5.74) is 0. The van der Waals surface area contributed by atoms with E-state index in [1.807, 2.05) is 6.08 Å². The molecule has 0 heterocycles. The maximum atomic E-state index is 11.3. The van der Waals surface area contributed by atoms with Crippen molar-refractivity contribution in [1.29, 1.82) is 0 Å². The first-order valence-electron chi connectivity index (χ1n) is 6.68. The van der Waals surface area contributed by atoms with Crippen LogP contribution >= 0.6 is 15.0 Å². The molecule has 114 valence electrons. The molecule has 0 amide bonds. The molecule has 0 N–H and O–H groups in total. The SMILES string of the molecule is C=CCCCCCCCCCP(=O)([O-])CP(=O)([O-])[O-]. The average molecular weight is 309 g/mol. The molecule has 0 saturated carbocycles. The highest BCUT2D eigenvalue weighted by Gasteiger charge is 2.09. The second-order valence-electron chi connectivity index (χ2n) is 4.84. The predicted octanol–water partition coefficient (Wildman–Crippen LogP) is 1.80. The minimum absolute atomic E-state index is 0.183. The van der Waals surface area contributed by atoms with Crippen molar-refractivity contribution in [2.75, 3.05) is 12.1 Å². The molecule has 0 radical (unpaired) electrons. The molecule has 7 heteroatoms. The first-order chi connectivity index (χ1) is 8.77. The van der Waals surface area contributed by atoms with Crippen molar-refractivity contribution in [1.82, 2.24) is 0 Å². The van der Waals surface area contributed by atoms with Crippen LogP contribution in [0.1, 0.15) is 51.4 Å². The molecule has 5 nitrogen and oxygen atoms in total. The standard InChI is InChI=1S/C12H26O5P2/c1-2-3-4-5-6-7-8-9-10-11-18(13,14)12-19(15,16)17/h2H,1,3-12H2,(H,13,14)(H2,15,16,17)/p-3. The minimum atomic E-state index is -4.95. The molecule has 0 rings (SSSR count). The van der Waals surface area contributed by atoms with Crippen LogP contribution in [0, 0.1) is 0 Å². The van der Waals surface area contributed by atoms with Gasteiger partial charge in [0.05, 0.1) is 0 Å². The first-order valence-corrected chi connectivity index (χ1v) is 10.4. The van der Waals surface area contributed by atoms with E-state index < -0.39 is 20.9 Å². The topological polar surface area (TPSA) is 103 Å². The Balaban J connectivity index is 3.51. The van der Waals surface area contributed by atoms with Gasteiger partial charge < -0.3 is 23.8 Å². The van der Waals surface area contributed by atoms with Crippen LogP contribution in [0.3, 0.4) is 0 Å². The van der Waals surface area contributed by atoms with Gasteiger partial charge in [-0.15, -0.1) is 6.58 Å². The molecule has 1 unspecified atom stereocenters. The van der Waals surface area contributed by atoms with Crippen molar-refractivity contribution in [3.63, 3.8) is 0 Å². The highest BCUT2D eigenvalue weighted by molar-refractivity contribution is 7.70. The largest absolute Gasteiger partial charge is 0.810 e. The summed E-state index contributed by atoms with van der Waals surface area (Å²) < 4.78 is 21.7. The third-order valence-corrected chi connectivity index (χ3v) is 6.90. The van der Waals surface area contributed by atoms with Crippen LogP contribution in [0.15, 0.2) is 12.7 Å². The Morgan fingerprint density at radius 3 is 1.79 bits per heavy atom. The van der Waals surface area contributed by atoms with Gasteiger partial charge in [-0.05, 0) is 25.4 Å². The molecule has 0 aromatic heterocycles. The minimum Gasteiger partial charge on any atom is -0.810 e. The number of unbranched alkanes of at least 4 members (excludes halogenated alkanes) is 7. The Labute approximate surface area is 115 Å². The molecule has 0 aliphatic rings. The van der Waals surface area contributed by atoms with Gasteiger partial charge in [-0.2, -0.15) is 0 Å². The molecule has 0 fully saturated rings. The fourth-order valence-electron chi connectivity index (χ4n) is 1.86. The normalized spacial score (nSPS) is 15.1. The fraction of sp³-hybridized carbons (Fsp3) is 0.833. The zero-order valence-corrected chi connectivity index (χ0v) is 13.1. The number of allylic oxidation sites excluding steroid dienone is 1. The summed E-state index contributed by atoms with van der Waals surface area (Å²) in [5.74, 6) is -1.22. The van der Waals surface area contributed by atoms with E-state index >= 15 is 0 Å². The maximum Gasteiger partial charge on any atom is 0.0196 e. The molecule has 0 spiro atoms. The Morgan fingerprint density at radius 2 is 1.32 bits per heavy atom. The molecule has 0 saturated heterocycles. The second kappa shape index (κ2) is 9.90. The van der Waals surface area contributed by atoms with E-state index in [0.29, 0.717) is 6.42 Å². The summed E-state index contributed by atoms with van der Waals surface area (Å²) in [7, 11) is -8.98. The van der Waals surface area contributed by atoms with Gasteiger partial charge in [0.1, 0.15) is 0 Å². The van der Waals surface area contributed by atoms with Gasteiger partial charge in [-0.3, -0.25) is 0 Å². The molecule has 0 aromatic rings. The van der Waals surface area contributed by atoms with Gasteiger partial charge in [0.25, 0.3) is 0 Å². The van der Waals surface area contributed by atoms with Crippen LogP contribution in [0.5, 0.6) is 0 Å². The number of rotatable bonds is 12. The Morgan fingerprint density at radius 1 is 0.842 bits per heavy atom. The molecule has 0 bridgehead atoms. The Hall–Kier alpha value is 0.0800. The van der Waals surface area contributed by atoms with E-state index in [2.05, 4.69) is 6.58 Å². The summed E-state index contributed by atoms with van der Waals surface area (Å²) >= 11 is 0. The molecule has 0 aliphatic heterocycles. The summed E-state index contributed by atoms with van der Waals surface area (Å²) in [4.78, 5) is 32.1. The van der Waals surface area contributed by atoms with Crippen LogP contribution in [0.2, 0.25) is 0 Å². The van der Waals surface area contributed by atoms with Crippen molar-refractivity contribution in [2.45, 2.75) is 51.4 Å². The van der Waals surface area contributed by atoms with Crippen molar-refractivity contribution < 1.29 is 23.8 Å². The third-order valence-electron chi connectivity index (χ3n) is 2.80. The van der Waals surface area contributed by atoms with Gasteiger partial charge >= 0.3 is 0 Å². The van der Waals surface area contributed by atoms with E-state index in [-0.39, 0.29) is 6.16 Å². The van der Waals surface area contributed by atoms with Crippen LogP contribution < -0.4 is 14.7 Å². The van der Waals surface area contributed by atoms with Crippen molar-refractivity contribution in [3.8, 4) is 0 Å². The summed E-state index contributed by atoms with van der Waals surface area (Å²) in [6.45, 7) is 3.65. The molecular formula is C12H23O5P2-3. The molecule has 19 heavy (non-hydrogen) atoms. The zero-order valence-electron chi connectivity index (χ0n) is 11.3. The zero-order chi connectivity index (χ0) is 14.8. The van der Waals surface area contributed by atoms with E-state index in [1.165, 1.54) is 0 Å². The smallest absolute Gasteiger partial charge is 0.0196 e. The molecule has 0 aromatic carbocycles. The van der Waals surface area contributed by atoms with Crippen molar-refractivity contribution in [3.05, 3.63) is 12.7 Å². The lowest BCUT2D eigenvalue weighted by atomic mass is 10.1. The highest BCUT2D eigenvalue weighted by Crippen LogP contribution is 2.47. The molecule has 1 atom stereocenters. The Kier molecular flexibility index (Phi) is 9.94. The van der Waals surface area contributed by atoms with Gasteiger partial charge in [-0.25, -0.2) is 0 Å². The monoisotopic (exact) mass is 309 g/mol. The van der Waals surface area contributed by atoms with E-state index in [4.69, 9.17) is 0 Å². The lowest BCUT2D eigenvalue weighted by Crippen LogP contribution is -2.21. The Bertz CT molecular complexity index is 337. The van der Waals surface area contributed by atoms with Gasteiger partial charge in [0.15, 0.2) is 0 Å². The summed E-state index contributed by atoms with van der Waals surface area (Å²) in [6.07, 6.45) is 9.37. The van der Waals surface area contributed by atoms with Crippen molar-refractivity contribution >= 4 is 15.0 Å². The lowest BCUT2D eigenvalue weighted by molar-refractivity contribution is -0.312. The van der Waals surface area contributed by atoms with E-state index in [1.54, 1.807) is 0 Å². The van der Waals surface area contributed by atoms with Gasteiger partial charge in [0, 0.05) is 13.3 Å². The lowest BCUT2D eigenvalue weighted by Gasteiger charge is -2.36. The van der Waals surface area contributed by atoms with Crippen LogP contribution in [-0.2, 0) is 9.13 Å². The first kappa shape index (κ1) is 19.1. The predicted molar refractivity (Wildman–Crippen MR) is 72.1 cm³/mol. The summed E-state index contributed by atoms with van der Waals surface area (Å²) in [6, 6.07) is 0. The molecular weight excluding hydrogens is 286 g/mol. The van der Waals surface area contributed by atoms with Crippen LogP contribution in [-0.4, -0.2) is 12.1 Å². The number of hydrogen-bond donors (Lipinski definition) is 0. The van der Waals surface area contributed by atoms with Crippen LogP contribution in [0.4, 0.5) is 0 Å². The van der Waals surface area contributed by atoms with Gasteiger partial charge in [0.2, 0.25) is 0 Å². The van der Waals surface area contributed by atoms with Crippen LogP contribution in [0.25, 0.3) is 0 Å². The molecule has 0 aliphatic carbocycles. The third kappa shape index (κ3) is 14.3. The van der Waals surface area contributed by atoms with E-state index in [9.17, 15) is 23.8 Å². The maximum absolute atomic E-state index is 11.3. The quantitative estimate of drug-likeness (QED) is 0.310. The number of hydrogen-bond acceptors (Lipinski definition) is 5. The second-order valence-corrected chi connectivity index (χ2v) is 9.27. The fourth-order valence-corrected chi connectivity index (χ4v) is 5.24. The highest BCUT2D eigenvalue weighted by atomic mass is 31.2.